The summed E-state index contributed by atoms with van der Waals surface area (Å²) in [7, 11) is 1.94. The van der Waals surface area contributed by atoms with E-state index in [1.165, 1.54) is 6.08 Å². The van der Waals surface area contributed by atoms with Gasteiger partial charge in [0, 0.05) is 60.7 Å². The van der Waals surface area contributed by atoms with Crippen LogP contribution in [0.4, 0.5) is 5.69 Å². The van der Waals surface area contributed by atoms with E-state index < -0.39 is 0 Å². The van der Waals surface area contributed by atoms with Crippen LogP contribution in [-0.2, 0) is 11.8 Å². The Balaban J connectivity index is 1.52. The van der Waals surface area contributed by atoms with Gasteiger partial charge in [0.1, 0.15) is 6.07 Å². The fraction of sp³-hybridized carbons (Fsp3) is 0.267. The lowest BCUT2D eigenvalue weighted by atomic mass is 9.79. The molecule has 0 atom stereocenters. The van der Waals surface area contributed by atoms with Crippen molar-refractivity contribution in [3.05, 3.63) is 78.6 Å². The van der Waals surface area contributed by atoms with E-state index >= 15 is 0 Å². The topological polar surface area (TPSA) is 78.1 Å². The normalized spacial score (nSPS) is 16.1. The van der Waals surface area contributed by atoms with Gasteiger partial charge in [-0.3, -0.25) is 14.5 Å². The Morgan fingerprint density at radius 3 is 2.62 bits per heavy atom. The van der Waals surface area contributed by atoms with Gasteiger partial charge in [-0.2, -0.15) is 10.4 Å². The van der Waals surface area contributed by atoms with Crippen molar-refractivity contribution in [3.8, 4) is 28.5 Å². The molecule has 184 valence electrons. The van der Waals surface area contributed by atoms with Crippen molar-refractivity contribution >= 4 is 22.5 Å². The van der Waals surface area contributed by atoms with Crippen LogP contribution in [-0.4, -0.2) is 51.8 Å². The standard InChI is InChI=1S/C30H28N6O/c1-4-25(37)36-18-30(19-36)12-13-35(17-30)24-16-32-28(21-8-6-5-7-9-21)27(23(24)14-31)26-20(2)10-11-22-15-33-34(3)29(22)26/h4-11,15-16H,1,12-13,17-19H2,2-3H3. The van der Waals surface area contributed by atoms with Crippen molar-refractivity contribution in [3.63, 3.8) is 0 Å². The second-order valence-electron chi connectivity index (χ2n) is 10.3. The van der Waals surface area contributed by atoms with E-state index in [0.29, 0.717) is 5.56 Å². The van der Waals surface area contributed by atoms with E-state index in [-0.39, 0.29) is 11.3 Å². The van der Waals surface area contributed by atoms with Crippen LogP contribution in [0.3, 0.4) is 0 Å². The molecule has 2 saturated heterocycles. The predicted octanol–water partition coefficient (Wildman–Crippen LogP) is 4.71. The number of aromatic nitrogens is 3. The van der Waals surface area contributed by atoms with Crippen LogP contribution in [0.25, 0.3) is 33.3 Å². The van der Waals surface area contributed by atoms with Crippen LogP contribution >= 0.6 is 0 Å². The summed E-state index contributed by atoms with van der Waals surface area (Å²) in [5.74, 6) is -0.0160. The van der Waals surface area contributed by atoms with Gasteiger partial charge in [-0.05, 0) is 25.0 Å². The second-order valence-corrected chi connectivity index (χ2v) is 10.3. The number of pyridine rings is 1. The quantitative estimate of drug-likeness (QED) is 0.389. The van der Waals surface area contributed by atoms with E-state index in [2.05, 4.69) is 41.7 Å². The maximum atomic E-state index is 12.0. The Kier molecular flexibility index (Phi) is 5.34. The van der Waals surface area contributed by atoms with Crippen LogP contribution in [0.2, 0.25) is 0 Å². The van der Waals surface area contributed by atoms with Crippen LogP contribution in [0, 0.1) is 23.7 Å². The van der Waals surface area contributed by atoms with E-state index in [1.807, 2.05) is 59.4 Å². The van der Waals surface area contributed by atoms with Gasteiger partial charge >= 0.3 is 0 Å². The monoisotopic (exact) mass is 488 g/mol. The SMILES string of the molecule is C=CC(=O)N1CC2(CCN(c3cnc(-c4ccccc4)c(-c4c(C)ccc5cnn(C)c45)c3C#N)C2)C1. The van der Waals surface area contributed by atoms with Gasteiger partial charge in [0.25, 0.3) is 0 Å². The number of anilines is 1. The van der Waals surface area contributed by atoms with Gasteiger partial charge in [-0.15, -0.1) is 0 Å². The largest absolute Gasteiger partial charge is 0.368 e. The van der Waals surface area contributed by atoms with Crippen molar-refractivity contribution in [2.45, 2.75) is 13.3 Å². The van der Waals surface area contributed by atoms with Gasteiger partial charge in [0.15, 0.2) is 0 Å². The summed E-state index contributed by atoms with van der Waals surface area (Å²) >= 11 is 0. The van der Waals surface area contributed by atoms with Crippen LogP contribution in [0.15, 0.2) is 67.5 Å². The van der Waals surface area contributed by atoms with Crippen molar-refractivity contribution in [1.29, 1.82) is 5.26 Å². The van der Waals surface area contributed by atoms with Crippen LogP contribution in [0.1, 0.15) is 17.5 Å². The summed E-state index contributed by atoms with van der Waals surface area (Å²) in [5, 5.41) is 16.2. The molecular weight excluding hydrogens is 460 g/mol. The third-order valence-corrected chi connectivity index (χ3v) is 7.90. The van der Waals surface area contributed by atoms with Crippen molar-refractivity contribution in [2.24, 2.45) is 12.5 Å². The average molecular weight is 489 g/mol. The number of hydrogen-bond donors (Lipinski definition) is 0. The Bertz CT molecular complexity index is 1590. The van der Waals surface area contributed by atoms with Crippen LogP contribution < -0.4 is 4.90 Å². The number of carbonyl (C=O) groups excluding carboxylic acids is 1. The molecule has 1 spiro atoms. The molecule has 37 heavy (non-hydrogen) atoms. The first-order chi connectivity index (χ1) is 17.9. The lowest BCUT2D eigenvalue weighted by Crippen LogP contribution is -2.59. The molecule has 0 saturated carbocycles. The fourth-order valence-electron chi connectivity index (χ4n) is 6.04. The molecule has 2 aromatic carbocycles. The number of likely N-dealkylation sites (tertiary alicyclic amines) is 1. The minimum Gasteiger partial charge on any atom is -0.368 e. The highest BCUT2D eigenvalue weighted by molar-refractivity contribution is 6.02. The molecule has 1 amide bonds. The molecule has 2 aliphatic heterocycles. The predicted molar refractivity (Wildman–Crippen MR) is 145 cm³/mol. The number of aryl methyl sites for hydroxylation is 2. The molecule has 0 unspecified atom stereocenters. The maximum Gasteiger partial charge on any atom is 0.245 e. The summed E-state index contributed by atoms with van der Waals surface area (Å²) in [5.41, 5.74) is 7.18. The third-order valence-electron chi connectivity index (χ3n) is 7.90. The number of benzene rings is 2. The first kappa shape index (κ1) is 23.0. The van der Waals surface area contributed by atoms with Gasteiger partial charge in [0.05, 0.1) is 34.9 Å². The molecule has 7 heteroatoms. The fourth-order valence-corrected chi connectivity index (χ4v) is 6.04. The van der Waals surface area contributed by atoms with Crippen LogP contribution in [0.5, 0.6) is 0 Å². The molecule has 0 N–H and O–H groups in total. The highest BCUT2D eigenvalue weighted by Crippen LogP contribution is 2.46. The van der Waals surface area contributed by atoms with Crippen molar-refractivity contribution in [2.75, 3.05) is 31.1 Å². The lowest BCUT2D eigenvalue weighted by molar-refractivity contribution is -0.136. The highest BCUT2D eigenvalue weighted by Gasteiger charge is 2.49. The zero-order valence-electron chi connectivity index (χ0n) is 21.1. The first-order valence-corrected chi connectivity index (χ1v) is 12.5. The van der Waals surface area contributed by atoms with Gasteiger partial charge in [-0.1, -0.05) is 49.0 Å². The molecule has 4 aromatic rings. The zero-order chi connectivity index (χ0) is 25.7. The first-order valence-electron chi connectivity index (χ1n) is 12.5. The highest BCUT2D eigenvalue weighted by atomic mass is 16.2. The minimum atomic E-state index is -0.0160. The molecule has 4 heterocycles. The Morgan fingerprint density at radius 2 is 1.89 bits per heavy atom. The maximum absolute atomic E-state index is 12.0. The summed E-state index contributed by atoms with van der Waals surface area (Å²) in [6, 6.07) is 16.8. The van der Waals surface area contributed by atoms with E-state index in [0.717, 1.165) is 77.1 Å². The smallest absolute Gasteiger partial charge is 0.245 e. The average Bonchev–Trinajstić information content (AvgIpc) is 3.52. The Labute approximate surface area is 216 Å². The summed E-state index contributed by atoms with van der Waals surface area (Å²) in [6.45, 7) is 8.77. The van der Waals surface area contributed by atoms with E-state index in [9.17, 15) is 10.1 Å². The summed E-state index contributed by atoms with van der Waals surface area (Å²) < 4.78 is 1.88. The van der Waals surface area contributed by atoms with Crippen molar-refractivity contribution in [1.82, 2.24) is 19.7 Å². The van der Waals surface area contributed by atoms with Gasteiger partial charge in [-0.25, -0.2) is 0 Å². The number of amides is 1. The molecule has 0 radical (unpaired) electrons. The molecule has 0 bridgehead atoms. The molecule has 2 aliphatic rings. The number of rotatable bonds is 4. The minimum absolute atomic E-state index is 0.0160. The van der Waals surface area contributed by atoms with E-state index in [4.69, 9.17) is 4.98 Å². The lowest BCUT2D eigenvalue weighted by Gasteiger charge is -2.47. The molecule has 0 aliphatic carbocycles. The van der Waals surface area contributed by atoms with Gasteiger partial charge < -0.3 is 9.80 Å². The molecule has 7 nitrogen and oxygen atoms in total. The van der Waals surface area contributed by atoms with Crippen molar-refractivity contribution < 1.29 is 4.79 Å². The summed E-state index contributed by atoms with van der Waals surface area (Å²) in [6.07, 6.45) is 6.08. The number of carbonyl (C=O) groups is 1. The molecule has 2 fully saturated rings. The number of fused-ring (bicyclic) bond motifs is 1. The van der Waals surface area contributed by atoms with Gasteiger partial charge in [0.2, 0.25) is 5.91 Å². The van der Waals surface area contributed by atoms with E-state index in [1.54, 1.807) is 0 Å². The second kappa shape index (κ2) is 8.59. The number of nitriles is 1. The zero-order valence-corrected chi connectivity index (χ0v) is 21.1. The Hall–Kier alpha value is -4.44. The molecular formula is C30H28N6O. The molecule has 2 aromatic heterocycles. The number of nitrogens with zero attached hydrogens (tertiary/aromatic N) is 6. The number of hydrogen-bond acceptors (Lipinski definition) is 5. The Morgan fingerprint density at radius 1 is 1.11 bits per heavy atom. The molecule has 6 rings (SSSR count). The third kappa shape index (κ3) is 3.60. The summed E-state index contributed by atoms with van der Waals surface area (Å²) in [4.78, 5) is 21.1.